The number of para-hydroxylation sites is 1. The van der Waals surface area contributed by atoms with Crippen LogP contribution in [0.4, 0.5) is 5.69 Å². The van der Waals surface area contributed by atoms with Crippen LogP contribution in [0.3, 0.4) is 0 Å². The molecule has 156 valence electrons. The minimum Gasteiger partial charge on any atom is -0.484 e. The molecule has 2 aromatic rings. The van der Waals surface area contributed by atoms with Crippen molar-refractivity contribution < 1.29 is 19.1 Å². The van der Waals surface area contributed by atoms with Crippen LogP contribution in [0.5, 0.6) is 5.75 Å². The van der Waals surface area contributed by atoms with E-state index < -0.39 is 11.8 Å². The van der Waals surface area contributed by atoms with Crippen LogP contribution in [0, 0.1) is 0 Å². The topological polar surface area (TPSA) is 109 Å². The van der Waals surface area contributed by atoms with Gasteiger partial charge in [0, 0.05) is 11.7 Å². The maximum Gasteiger partial charge on any atom is 0.329 e. The van der Waals surface area contributed by atoms with Crippen LogP contribution >= 0.6 is 0 Å². The molecule has 2 aromatic carbocycles. The number of ether oxygens (including phenoxy) is 1. The van der Waals surface area contributed by atoms with E-state index >= 15 is 0 Å². The molecule has 0 heterocycles. The highest BCUT2D eigenvalue weighted by Crippen LogP contribution is 2.18. The number of anilines is 1. The predicted octanol–water partition coefficient (Wildman–Crippen LogP) is 2.00. The smallest absolute Gasteiger partial charge is 0.329 e. The van der Waals surface area contributed by atoms with Gasteiger partial charge in [0.05, 0.1) is 6.21 Å². The van der Waals surface area contributed by atoms with Crippen molar-refractivity contribution in [2.24, 2.45) is 5.10 Å². The standard InChI is InChI=1S/C22H24N4O4/c1-2-16-5-3-4-6-19(16)25-20(27)14-30-18-11-7-15(8-12-18)13-23-26-22(29)21(28)24-17-9-10-17/h3-8,11-13,17H,2,9-10,14H2,1H3,(H,24,28)(H,25,27)(H,26,29)/b23-13-. The summed E-state index contributed by atoms with van der Waals surface area (Å²) >= 11 is 0. The molecule has 8 heteroatoms. The van der Waals surface area contributed by atoms with Crippen molar-refractivity contribution in [2.45, 2.75) is 32.2 Å². The second kappa shape index (κ2) is 10.2. The van der Waals surface area contributed by atoms with E-state index in [1.165, 1.54) is 6.21 Å². The van der Waals surface area contributed by atoms with Gasteiger partial charge in [-0.05, 0) is 60.7 Å². The van der Waals surface area contributed by atoms with Gasteiger partial charge in [0.15, 0.2) is 6.61 Å². The number of nitrogens with zero attached hydrogens (tertiary/aromatic N) is 1. The zero-order valence-electron chi connectivity index (χ0n) is 16.7. The number of carbonyl (C=O) groups excluding carboxylic acids is 3. The van der Waals surface area contributed by atoms with E-state index in [0.717, 1.165) is 30.5 Å². The Labute approximate surface area is 174 Å². The summed E-state index contributed by atoms with van der Waals surface area (Å²) < 4.78 is 5.51. The van der Waals surface area contributed by atoms with Gasteiger partial charge in [-0.15, -0.1) is 0 Å². The Morgan fingerprint density at radius 2 is 1.80 bits per heavy atom. The summed E-state index contributed by atoms with van der Waals surface area (Å²) in [5.74, 6) is -1.19. The molecule has 3 rings (SSSR count). The largest absolute Gasteiger partial charge is 0.484 e. The average molecular weight is 408 g/mol. The maximum absolute atomic E-state index is 12.1. The van der Waals surface area contributed by atoms with E-state index in [4.69, 9.17) is 4.74 Å². The lowest BCUT2D eigenvalue weighted by atomic mass is 10.1. The third-order valence-corrected chi connectivity index (χ3v) is 4.42. The molecule has 3 N–H and O–H groups in total. The molecule has 1 aliphatic rings. The van der Waals surface area contributed by atoms with Crippen molar-refractivity contribution in [3.63, 3.8) is 0 Å². The molecule has 0 aromatic heterocycles. The summed E-state index contributed by atoms with van der Waals surface area (Å²) in [7, 11) is 0. The lowest BCUT2D eigenvalue weighted by Gasteiger charge is -2.10. The second-order valence-electron chi connectivity index (χ2n) is 6.86. The number of benzene rings is 2. The highest BCUT2D eigenvalue weighted by molar-refractivity contribution is 6.35. The van der Waals surface area contributed by atoms with Crippen LogP contribution in [0.15, 0.2) is 53.6 Å². The molecule has 0 radical (unpaired) electrons. The van der Waals surface area contributed by atoms with Crippen LogP contribution in [0.1, 0.15) is 30.9 Å². The number of aryl methyl sites for hydroxylation is 1. The van der Waals surface area contributed by atoms with Gasteiger partial charge < -0.3 is 15.4 Å². The van der Waals surface area contributed by atoms with E-state index in [9.17, 15) is 14.4 Å². The van der Waals surface area contributed by atoms with Crippen molar-refractivity contribution in [3.8, 4) is 5.75 Å². The SMILES string of the molecule is CCc1ccccc1NC(=O)COc1ccc(/C=N\NC(=O)C(=O)NC2CC2)cc1. The van der Waals surface area contributed by atoms with Crippen LogP contribution in [-0.4, -0.2) is 36.6 Å². The number of hydrogen-bond donors (Lipinski definition) is 3. The molecule has 8 nitrogen and oxygen atoms in total. The van der Waals surface area contributed by atoms with Crippen LogP contribution in [-0.2, 0) is 20.8 Å². The molecular formula is C22H24N4O4. The number of nitrogens with one attached hydrogen (secondary N) is 3. The summed E-state index contributed by atoms with van der Waals surface area (Å²) in [5.41, 5.74) is 4.73. The molecule has 1 saturated carbocycles. The van der Waals surface area contributed by atoms with E-state index in [-0.39, 0.29) is 18.6 Å². The number of rotatable bonds is 8. The lowest BCUT2D eigenvalue weighted by molar-refractivity contribution is -0.139. The van der Waals surface area contributed by atoms with Crippen molar-refractivity contribution in [2.75, 3.05) is 11.9 Å². The molecule has 0 saturated heterocycles. The Kier molecular flexibility index (Phi) is 7.15. The van der Waals surface area contributed by atoms with Gasteiger partial charge in [-0.25, -0.2) is 5.43 Å². The van der Waals surface area contributed by atoms with Gasteiger partial charge in [-0.1, -0.05) is 25.1 Å². The molecule has 1 aliphatic carbocycles. The Balaban J connectivity index is 1.43. The predicted molar refractivity (Wildman–Crippen MR) is 113 cm³/mol. The summed E-state index contributed by atoms with van der Waals surface area (Å²) in [6.07, 6.45) is 4.06. The first-order valence-electron chi connectivity index (χ1n) is 9.79. The molecule has 1 fully saturated rings. The highest BCUT2D eigenvalue weighted by Gasteiger charge is 2.26. The van der Waals surface area contributed by atoms with E-state index in [2.05, 4.69) is 21.2 Å². The highest BCUT2D eigenvalue weighted by atomic mass is 16.5. The quantitative estimate of drug-likeness (QED) is 0.353. The fraction of sp³-hybridized carbons (Fsp3) is 0.273. The monoisotopic (exact) mass is 408 g/mol. The Morgan fingerprint density at radius 3 is 2.50 bits per heavy atom. The van der Waals surface area contributed by atoms with Gasteiger partial charge >= 0.3 is 11.8 Å². The number of amides is 3. The minimum atomic E-state index is -0.797. The zero-order chi connectivity index (χ0) is 21.3. The van der Waals surface area contributed by atoms with E-state index in [0.29, 0.717) is 11.3 Å². The zero-order valence-corrected chi connectivity index (χ0v) is 16.7. The number of hydrogen-bond acceptors (Lipinski definition) is 5. The number of carbonyl (C=O) groups is 3. The molecule has 0 atom stereocenters. The fourth-order valence-electron chi connectivity index (χ4n) is 2.63. The normalized spacial score (nSPS) is 13.0. The molecule has 0 aliphatic heterocycles. The first-order chi connectivity index (χ1) is 14.5. The first-order valence-corrected chi connectivity index (χ1v) is 9.79. The molecular weight excluding hydrogens is 384 g/mol. The molecule has 30 heavy (non-hydrogen) atoms. The van der Waals surface area contributed by atoms with Crippen molar-refractivity contribution >= 4 is 29.6 Å². The molecule has 0 bridgehead atoms. The van der Waals surface area contributed by atoms with Crippen LogP contribution in [0.25, 0.3) is 0 Å². The van der Waals surface area contributed by atoms with Gasteiger partial charge in [-0.2, -0.15) is 5.10 Å². The summed E-state index contributed by atoms with van der Waals surface area (Å²) in [6, 6.07) is 14.6. The van der Waals surface area contributed by atoms with Crippen molar-refractivity contribution in [3.05, 3.63) is 59.7 Å². The average Bonchev–Trinajstić information content (AvgIpc) is 3.57. The van der Waals surface area contributed by atoms with Crippen molar-refractivity contribution in [1.29, 1.82) is 0 Å². The number of hydrazone groups is 1. The third kappa shape index (κ3) is 6.44. The van der Waals surface area contributed by atoms with Gasteiger partial charge in [0.1, 0.15) is 5.75 Å². The summed E-state index contributed by atoms with van der Waals surface area (Å²) in [5, 5.41) is 9.20. The van der Waals surface area contributed by atoms with Crippen molar-refractivity contribution in [1.82, 2.24) is 10.7 Å². The Morgan fingerprint density at radius 1 is 1.07 bits per heavy atom. The first kappa shape index (κ1) is 21.0. The van der Waals surface area contributed by atoms with Crippen LogP contribution < -0.4 is 20.8 Å². The molecule has 0 unspecified atom stereocenters. The van der Waals surface area contributed by atoms with Crippen LogP contribution in [0.2, 0.25) is 0 Å². The molecule has 0 spiro atoms. The summed E-state index contributed by atoms with van der Waals surface area (Å²) in [6.45, 7) is 1.92. The summed E-state index contributed by atoms with van der Waals surface area (Å²) in [4.78, 5) is 35.2. The Bertz CT molecular complexity index is 936. The van der Waals surface area contributed by atoms with Gasteiger partial charge in [0.2, 0.25) is 0 Å². The minimum absolute atomic E-state index is 0.113. The molecule has 3 amide bonds. The maximum atomic E-state index is 12.1. The van der Waals surface area contributed by atoms with E-state index in [1.54, 1.807) is 24.3 Å². The second-order valence-corrected chi connectivity index (χ2v) is 6.86. The fourth-order valence-corrected chi connectivity index (χ4v) is 2.63. The van der Waals surface area contributed by atoms with Gasteiger partial charge in [0.25, 0.3) is 5.91 Å². The lowest BCUT2D eigenvalue weighted by Crippen LogP contribution is -2.38. The third-order valence-electron chi connectivity index (χ3n) is 4.42. The van der Waals surface area contributed by atoms with Gasteiger partial charge in [-0.3, -0.25) is 14.4 Å². The Hall–Kier alpha value is -3.68. The van der Waals surface area contributed by atoms with E-state index in [1.807, 2.05) is 31.2 Å².